The summed E-state index contributed by atoms with van der Waals surface area (Å²) in [4.78, 5) is 2.53. The van der Waals surface area contributed by atoms with E-state index in [1.54, 1.807) is 0 Å². The molecule has 1 heteroatoms. The number of hydrogen-bond donors (Lipinski definition) is 0. The molecule has 34 valence electrons. The molecule has 0 aromatic carbocycles. The number of nitrogens with zero attached hydrogens (tertiary/aromatic N) is 1. The van der Waals surface area contributed by atoms with Crippen LogP contribution in [0.15, 0.2) is 0 Å². The van der Waals surface area contributed by atoms with Gasteiger partial charge in [0.05, 0.1) is 0 Å². The lowest BCUT2D eigenvalue weighted by Gasteiger charge is -1.86. The van der Waals surface area contributed by atoms with Crippen LogP contribution in [-0.4, -0.2) is 24.0 Å². The fourth-order valence-corrected chi connectivity index (χ4v) is 0.863. The Kier molecular flexibility index (Phi) is 0.396. The molecule has 0 bridgehead atoms. The van der Waals surface area contributed by atoms with E-state index >= 15 is 0 Å². The maximum atomic E-state index is 2.53. The van der Waals surface area contributed by atoms with Crippen LogP contribution in [0, 0.1) is 0 Å². The summed E-state index contributed by atoms with van der Waals surface area (Å²) in [5.41, 5.74) is 0. The normalized spacial score (nSPS) is 34.0. The van der Waals surface area contributed by atoms with Gasteiger partial charge in [-0.3, -0.25) is 4.90 Å². The zero-order chi connectivity index (χ0) is 3.98. The fraction of sp³-hybridized carbons (Fsp3) is 1.00. The molecular weight excluding hydrogens is 74.1 g/mol. The van der Waals surface area contributed by atoms with Gasteiger partial charge in [0.2, 0.25) is 0 Å². The van der Waals surface area contributed by atoms with Crippen LogP contribution in [0.25, 0.3) is 0 Å². The minimum atomic E-state index is 1.05. The van der Waals surface area contributed by atoms with Gasteiger partial charge >= 0.3 is 0 Å². The third-order valence-corrected chi connectivity index (χ3v) is 1.55. The van der Waals surface area contributed by atoms with E-state index in [1.807, 2.05) is 0 Å². The van der Waals surface area contributed by atoms with E-state index in [-0.39, 0.29) is 0 Å². The summed E-state index contributed by atoms with van der Waals surface area (Å²) in [6, 6.07) is 1.05. The van der Waals surface area contributed by atoms with Gasteiger partial charge < -0.3 is 0 Å². The van der Waals surface area contributed by atoms with Crippen LogP contribution in [0.5, 0.6) is 0 Å². The van der Waals surface area contributed by atoms with Crippen molar-refractivity contribution in [3.05, 3.63) is 0 Å². The predicted octanol–water partition coefficient (Wildman–Crippen LogP) is 0.464. The monoisotopic (exact) mass is 83.1 g/mol. The molecule has 0 aromatic heterocycles. The van der Waals surface area contributed by atoms with Gasteiger partial charge in [-0.15, -0.1) is 0 Å². The van der Waals surface area contributed by atoms with Crippen molar-refractivity contribution in [3.63, 3.8) is 0 Å². The van der Waals surface area contributed by atoms with Crippen molar-refractivity contribution < 1.29 is 0 Å². The van der Waals surface area contributed by atoms with E-state index in [0.717, 1.165) is 6.04 Å². The van der Waals surface area contributed by atoms with Crippen molar-refractivity contribution in [3.8, 4) is 0 Å². The summed E-state index contributed by atoms with van der Waals surface area (Å²) >= 11 is 0. The average Bonchev–Trinajstić information content (AvgIpc) is 2.26. The third kappa shape index (κ3) is 0.350. The first-order chi connectivity index (χ1) is 2.97. The third-order valence-electron chi connectivity index (χ3n) is 1.55. The molecule has 0 N–H and O–H groups in total. The van der Waals surface area contributed by atoms with Gasteiger partial charge in [0.25, 0.3) is 0 Å². The SMILES string of the molecule is C1CC1N1CC1. The lowest BCUT2D eigenvalue weighted by Crippen LogP contribution is -1.95. The highest BCUT2D eigenvalue weighted by Crippen LogP contribution is 2.30. The highest BCUT2D eigenvalue weighted by molar-refractivity contribution is 4.91. The summed E-state index contributed by atoms with van der Waals surface area (Å²) in [7, 11) is 0. The van der Waals surface area contributed by atoms with Gasteiger partial charge in [-0.25, -0.2) is 0 Å². The maximum absolute atomic E-state index is 2.53. The van der Waals surface area contributed by atoms with Gasteiger partial charge in [0.15, 0.2) is 0 Å². The lowest BCUT2D eigenvalue weighted by molar-refractivity contribution is 0.550. The Bertz CT molecular complexity index is 52.3. The fourth-order valence-electron chi connectivity index (χ4n) is 0.863. The second-order valence-corrected chi connectivity index (χ2v) is 2.27. The second-order valence-electron chi connectivity index (χ2n) is 2.27. The van der Waals surface area contributed by atoms with Crippen LogP contribution in [0.2, 0.25) is 0 Å². The first-order valence-corrected chi connectivity index (χ1v) is 2.71. The highest BCUT2D eigenvalue weighted by Gasteiger charge is 2.34. The summed E-state index contributed by atoms with van der Waals surface area (Å²) in [6.45, 7) is 2.79. The molecule has 6 heavy (non-hydrogen) atoms. The minimum Gasteiger partial charge on any atom is -0.298 e. The zero-order valence-electron chi connectivity index (χ0n) is 3.85. The van der Waals surface area contributed by atoms with Crippen LogP contribution >= 0.6 is 0 Å². The summed E-state index contributed by atoms with van der Waals surface area (Å²) in [5.74, 6) is 0. The van der Waals surface area contributed by atoms with E-state index in [9.17, 15) is 0 Å². The van der Waals surface area contributed by atoms with E-state index < -0.39 is 0 Å². The van der Waals surface area contributed by atoms with Gasteiger partial charge in [-0.05, 0) is 12.8 Å². The zero-order valence-corrected chi connectivity index (χ0v) is 3.85. The summed E-state index contributed by atoms with van der Waals surface area (Å²) < 4.78 is 0. The molecule has 1 saturated heterocycles. The van der Waals surface area contributed by atoms with Crippen molar-refractivity contribution in [2.45, 2.75) is 18.9 Å². The average molecular weight is 83.1 g/mol. The Balaban J connectivity index is 1.92. The lowest BCUT2D eigenvalue weighted by atomic mass is 10.7. The second kappa shape index (κ2) is 0.784. The van der Waals surface area contributed by atoms with Crippen LogP contribution in [0.3, 0.4) is 0 Å². The molecular formula is C5H9N. The largest absolute Gasteiger partial charge is 0.298 e. The molecule has 1 aliphatic heterocycles. The quantitative estimate of drug-likeness (QED) is 0.416. The summed E-state index contributed by atoms with van der Waals surface area (Å²) in [6.07, 6.45) is 2.97. The molecule has 1 nitrogen and oxygen atoms in total. The van der Waals surface area contributed by atoms with Crippen LogP contribution in [-0.2, 0) is 0 Å². The molecule has 2 rings (SSSR count). The Labute approximate surface area is 37.9 Å². The highest BCUT2D eigenvalue weighted by atomic mass is 15.3. The van der Waals surface area contributed by atoms with Crippen molar-refractivity contribution >= 4 is 0 Å². The van der Waals surface area contributed by atoms with Gasteiger partial charge in [-0.2, -0.15) is 0 Å². The van der Waals surface area contributed by atoms with Crippen LogP contribution in [0.1, 0.15) is 12.8 Å². The first kappa shape index (κ1) is 3.03. The molecule has 0 aromatic rings. The van der Waals surface area contributed by atoms with Crippen molar-refractivity contribution in [1.82, 2.24) is 4.90 Å². The molecule has 0 atom stereocenters. The standard InChI is InChI=1S/C5H9N/c1-2-5(1)6-3-4-6/h5H,1-4H2. The molecule has 1 saturated carbocycles. The maximum Gasteiger partial charge on any atom is 0.0113 e. The molecule has 2 fully saturated rings. The Morgan fingerprint density at radius 2 is 1.83 bits per heavy atom. The molecule has 0 unspecified atom stereocenters. The van der Waals surface area contributed by atoms with Crippen LogP contribution < -0.4 is 0 Å². The molecule has 1 heterocycles. The predicted molar refractivity (Wildman–Crippen MR) is 24.6 cm³/mol. The van der Waals surface area contributed by atoms with Crippen molar-refractivity contribution in [1.29, 1.82) is 0 Å². The summed E-state index contributed by atoms with van der Waals surface area (Å²) in [5, 5.41) is 0. The molecule has 1 aliphatic carbocycles. The Morgan fingerprint density at radius 1 is 1.17 bits per heavy atom. The van der Waals surface area contributed by atoms with Gasteiger partial charge in [0.1, 0.15) is 0 Å². The molecule has 0 amide bonds. The van der Waals surface area contributed by atoms with E-state index in [2.05, 4.69) is 4.90 Å². The topological polar surface area (TPSA) is 3.01 Å². The van der Waals surface area contributed by atoms with Crippen molar-refractivity contribution in [2.24, 2.45) is 0 Å². The number of rotatable bonds is 1. The van der Waals surface area contributed by atoms with Gasteiger partial charge in [0, 0.05) is 19.1 Å². The Morgan fingerprint density at radius 3 is 2.00 bits per heavy atom. The van der Waals surface area contributed by atoms with Crippen molar-refractivity contribution in [2.75, 3.05) is 13.1 Å². The molecule has 0 radical (unpaired) electrons. The first-order valence-electron chi connectivity index (χ1n) is 2.71. The van der Waals surface area contributed by atoms with E-state index in [0.29, 0.717) is 0 Å². The number of hydrogen-bond acceptors (Lipinski definition) is 1. The van der Waals surface area contributed by atoms with Gasteiger partial charge in [-0.1, -0.05) is 0 Å². The molecule has 0 spiro atoms. The van der Waals surface area contributed by atoms with Crippen LogP contribution in [0.4, 0.5) is 0 Å². The Hall–Kier alpha value is -0.0400. The van der Waals surface area contributed by atoms with E-state index in [1.165, 1.54) is 25.9 Å². The smallest absolute Gasteiger partial charge is 0.0113 e. The van der Waals surface area contributed by atoms with E-state index in [4.69, 9.17) is 0 Å². The molecule has 2 aliphatic rings. The minimum absolute atomic E-state index is 1.05.